The lowest BCUT2D eigenvalue weighted by Crippen LogP contribution is -2.50. The van der Waals surface area contributed by atoms with Gasteiger partial charge in [0.15, 0.2) is 0 Å². The second-order valence-corrected chi connectivity index (χ2v) is 4.54. The molecule has 1 heterocycles. The van der Waals surface area contributed by atoms with Gasteiger partial charge in [0.05, 0.1) is 6.42 Å². The summed E-state index contributed by atoms with van der Waals surface area (Å²) in [6, 6.07) is 7.45. The topological polar surface area (TPSA) is 57.6 Å². The standard InChI is InChI=1S/C13H15NO3/c1-9-3-2-4-11(5-9)13(17)14-7-10(8-14)6-12(15)16/h2-5,10H,6-8H2,1H3,(H,15,16). The zero-order chi connectivity index (χ0) is 12.4. The minimum atomic E-state index is -0.794. The largest absolute Gasteiger partial charge is 0.481 e. The molecule has 0 saturated carbocycles. The average Bonchev–Trinajstić information content (AvgIpc) is 2.21. The molecule has 2 rings (SSSR count). The monoisotopic (exact) mass is 233 g/mol. The summed E-state index contributed by atoms with van der Waals surface area (Å²) >= 11 is 0. The summed E-state index contributed by atoms with van der Waals surface area (Å²) in [7, 11) is 0. The molecule has 1 N–H and O–H groups in total. The average molecular weight is 233 g/mol. The van der Waals surface area contributed by atoms with Gasteiger partial charge in [0.25, 0.3) is 5.91 Å². The first-order chi connectivity index (χ1) is 8.06. The maximum atomic E-state index is 12.0. The van der Waals surface area contributed by atoms with Crippen molar-refractivity contribution in [3.05, 3.63) is 35.4 Å². The van der Waals surface area contributed by atoms with Crippen molar-refractivity contribution >= 4 is 11.9 Å². The lowest BCUT2D eigenvalue weighted by Gasteiger charge is -2.38. The summed E-state index contributed by atoms with van der Waals surface area (Å²) in [4.78, 5) is 24.2. The molecule has 1 aliphatic rings. The molecule has 1 saturated heterocycles. The first-order valence-electron chi connectivity index (χ1n) is 5.64. The molecule has 17 heavy (non-hydrogen) atoms. The van der Waals surface area contributed by atoms with Crippen LogP contribution >= 0.6 is 0 Å². The molecular weight excluding hydrogens is 218 g/mol. The molecule has 1 aliphatic heterocycles. The summed E-state index contributed by atoms with van der Waals surface area (Å²) in [6.07, 6.45) is 0.150. The number of carbonyl (C=O) groups excluding carboxylic acids is 1. The van der Waals surface area contributed by atoms with Crippen LogP contribution in [0.1, 0.15) is 22.3 Å². The van der Waals surface area contributed by atoms with Crippen molar-refractivity contribution in [3.8, 4) is 0 Å². The van der Waals surface area contributed by atoms with Gasteiger partial charge in [-0.15, -0.1) is 0 Å². The predicted molar refractivity (Wildman–Crippen MR) is 62.8 cm³/mol. The van der Waals surface area contributed by atoms with Crippen molar-refractivity contribution in [1.29, 1.82) is 0 Å². The number of nitrogens with zero attached hydrogens (tertiary/aromatic N) is 1. The van der Waals surface area contributed by atoms with Crippen LogP contribution in [0.25, 0.3) is 0 Å². The van der Waals surface area contributed by atoms with E-state index in [1.807, 2.05) is 25.1 Å². The van der Waals surface area contributed by atoms with Crippen LogP contribution in [0.4, 0.5) is 0 Å². The normalized spacial score (nSPS) is 15.5. The first kappa shape index (κ1) is 11.6. The Bertz CT molecular complexity index is 450. The number of likely N-dealkylation sites (tertiary alicyclic amines) is 1. The van der Waals surface area contributed by atoms with Gasteiger partial charge in [0.1, 0.15) is 0 Å². The number of aryl methyl sites for hydroxylation is 1. The summed E-state index contributed by atoms with van der Waals surface area (Å²) in [5, 5.41) is 8.62. The van der Waals surface area contributed by atoms with Crippen LogP contribution in [0, 0.1) is 12.8 Å². The van der Waals surface area contributed by atoms with Gasteiger partial charge in [-0.1, -0.05) is 17.7 Å². The van der Waals surface area contributed by atoms with Crippen LogP contribution in [-0.2, 0) is 4.79 Å². The van der Waals surface area contributed by atoms with Crippen LogP contribution in [0.2, 0.25) is 0 Å². The zero-order valence-electron chi connectivity index (χ0n) is 9.72. The molecule has 0 unspecified atom stereocenters. The van der Waals surface area contributed by atoms with Gasteiger partial charge in [0.2, 0.25) is 0 Å². The highest BCUT2D eigenvalue weighted by Gasteiger charge is 2.32. The van der Waals surface area contributed by atoms with Gasteiger partial charge in [-0.2, -0.15) is 0 Å². The van der Waals surface area contributed by atoms with E-state index in [1.165, 1.54) is 0 Å². The summed E-state index contributed by atoms with van der Waals surface area (Å²) in [6.45, 7) is 3.05. The van der Waals surface area contributed by atoms with E-state index < -0.39 is 5.97 Å². The van der Waals surface area contributed by atoms with Crippen molar-refractivity contribution in [3.63, 3.8) is 0 Å². The van der Waals surface area contributed by atoms with Crippen molar-refractivity contribution in [2.45, 2.75) is 13.3 Å². The maximum Gasteiger partial charge on any atom is 0.303 e. The third-order valence-electron chi connectivity index (χ3n) is 2.97. The number of hydrogen-bond donors (Lipinski definition) is 1. The molecule has 0 spiro atoms. The van der Waals surface area contributed by atoms with Gasteiger partial charge >= 0.3 is 5.97 Å². The SMILES string of the molecule is Cc1cccc(C(=O)N2CC(CC(=O)O)C2)c1. The van der Waals surface area contributed by atoms with E-state index in [2.05, 4.69) is 0 Å². The molecule has 4 heteroatoms. The number of rotatable bonds is 3. The molecule has 1 aromatic carbocycles. The van der Waals surface area contributed by atoms with Gasteiger partial charge in [0, 0.05) is 24.6 Å². The van der Waals surface area contributed by atoms with Crippen LogP contribution < -0.4 is 0 Å². The lowest BCUT2D eigenvalue weighted by atomic mass is 9.95. The molecule has 0 aromatic heterocycles. The number of hydrogen-bond acceptors (Lipinski definition) is 2. The first-order valence-corrected chi connectivity index (χ1v) is 5.64. The molecular formula is C13H15NO3. The molecule has 1 fully saturated rings. The Kier molecular flexibility index (Phi) is 3.13. The molecule has 4 nitrogen and oxygen atoms in total. The van der Waals surface area contributed by atoms with Gasteiger partial charge in [-0.25, -0.2) is 0 Å². The number of amides is 1. The van der Waals surface area contributed by atoms with Gasteiger partial charge < -0.3 is 10.0 Å². The predicted octanol–water partition coefficient (Wildman–Crippen LogP) is 1.54. The van der Waals surface area contributed by atoms with E-state index in [9.17, 15) is 9.59 Å². The molecule has 0 bridgehead atoms. The fraction of sp³-hybridized carbons (Fsp3) is 0.385. The fourth-order valence-corrected chi connectivity index (χ4v) is 2.07. The van der Waals surface area contributed by atoms with Crippen LogP contribution in [-0.4, -0.2) is 35.0 Å². The van der Waals surface area contributed by atoms with E-state index in [0.717, 1.165) is 5.56 Å². The second-order valence-electron chi connectivity index (χ2n) is 4.54. The zero-order valence-corrected chi connectivity index (χ0v) is 9.72. The smallest absolute Gasteiger partial charge is 0.303 e. The van der Waals surface area contributed by atoms with Gasteiger partial charge in [-0.05, 0) is 19.1 Å². The lowest BCUT2D eigenvalue weighted by molar-refractivity contribution is -0.139. The van der Waals surface area contributed by atoms with Gasteiger partial charge in [-0.3, -0.25) is 9.59 Å². The van der Waals surface area contributed by atoms with Crippen molar-refractivity contribution in [2.24, 2.45) is 5.92 Å². The maximum absolute atomic E-state index is 12.0. The van der Waals surface area contributed by atoms with Crippen LogP contribution in [0.3, 0.4) is 0 Å². The highest BCUT2D eigenvalue weighted by atomic mass is 16.4. The number of carboxylic acids is 1. The minimum absolute atomic E-state index is 0.00432. The van der Waals surface area contributed by atoms with Crippen LogP contribution in [0.15, 0.2) is 24.3 Å². The van der Waals surface area contributed by atoms with E-state index in [1.54, 1.807) is 11.0 Å². The highest BCUT2D eigenvalue weighted by Crippen LogP contribution is 2.21. The van der Waals surface area contributed by atoms with E-state index >= 15 is 0 Å². The van der Waals surface area contributed by atoms with E-state index in [4.69, 9.17) is 5.11 Å². The fourth-order valence-electron chi connectivity index (χ4n) is 2.07. The molecule has 1 aromatic rings. The Morgan fingerprint density at radius 1 is 1.41 bits per heavy atom. The Morgan fingerprint density at radius 3 is 2.71 bits per heavy atom. The highest BCUT2D eigenvalue weighted by molar-refractivity contribution is 5.95. The molecule has 90 valence electrons. The summed E-state index contributed by atoms with van der Waals surface area (Å²) in [5.74, 6) is -0.686. The quantitative estimate of drug-likeness (QED) is 0.861. The van der Waals surface area contributed by atoms with Crippen LogP contribution in [0.5, 0.6) is 0 Å². The van der Waals surface area contributed by atoms with Crippen molar-refractivity contribution in [2.75, 3.05) is 13.1 Å². The Labute approximate surface area is 99.9 Å². The Morgan fingerprint density at radius 2 is 2.12 bits per heavy atom. The second kappa shape index (κ2) is 4.57. The third kappa shape index (κ3) is 2.64. The number of carbonyl (C=O) groups is 2. The third-order valence-corrected chi connectivity index (χ3v) is 2.97. The minimum Gasteiger partial charge on any atom is -0.481 e. The van der Waals surface area contributed by atoms with Crippen molar-refractivity contribution in [1.82, 2.24) is 4.90 Å². The van der Waals surface area contributed by atoms with E-state index in [0.29, 0.717) is 18.7 Å². The summed E-state index contributed by atoms with van der Waals surface area (Å²) < 4.78 is 0. The molecule has 0 radical (unpaired) electrons. The molecule has 1 amide bonds. The Hall–Kier alpha value is -1.84. The molecule has 0 aliphatic carbocycles. The molecule has 0 atom stereocenters. The Balaban J connectivity index is 1.93. The number of carboxylic acid groups (broad SMARTS) is 1. The summed E-state index contributed by atoms with van der Waals surface area (Å²) in [5.41, 5.74) is 1.73. The number of aliphatic carboxylic acids is 1. The van der Waals surface area contributed by atoms with E-state index in [-0.39, 0.29) is 18.2 Å². The number of benzene rings is 1. The van der Waals surface area contributed by atoms with Crippen molar-refractivity contribution < 1.29 is 14.7 Å².